The fraction of sp³-hybridized carbons (Fsp3) is 0.643. The molecule has 1 aliphatic rings. The maximum atomic E-state index is 11.0. The molecule has 0 fully saturated rings. The largest absolute Gasteiger partial charge is 0.481 e. The van der Waals surface area contributed by atoms with Crippen LogP contribution < -0.4 is 5.32 Å². The Morgan fingerprint density at radius 1 is 1.55 bits per heavy atom. The van der Waals surface area contributed by atoms with Crippen molar-refractivity contribution in [3.63, 3.8) is 0 Å². The summed E-state index contributed by atoms with van der Waals surface area (Å²) >= 11 is 0. The molecule has 0 radical (unpaired) electrons. The average Bonchev–Trinajstić information content (AvgIpc) is 2.45. The number of nitrogens with one attached hydrogen (secondary N) is 1. The van der Waals surface area contributed by atoms with Gasteiger partial charge in [0.25, 0.3) is 0 Å². The monoisotopic (exact) mass is 279 g/mol. The second-order valence-corrected chi connectivity index (χ2v) is 5.18. The predicted octanol–water partition coefficient (Wildman–Crippen LogP) is 1.85. The van der Waals surface area contributed by atoms with Gasteiger partial charge in [-0.25, -0.2) is 9.97 Å². The minimum Gasteiger partial charge on any atom is -0.481 e. The van der Waals surface area contributed by atoms with Crippen LogP contribution in [0.1, 0.15) is 37.9 Å². The van der Waals surface area contributed by atoms with Gasteiger partial charge in [-0.15, -0.1) is 0 Å². The van der Waals surface area contributed by atoms with Crippen LogP contribution in [-0.4, -0.2) is 33.7 Å². The van der Waals surface area contributed by atoms with E-state index < -0.39 is 5.97 Å². The minimum absolute atomic E-state index is 0.0780. The maximum Gasteiger partial charge on any atom is 0.305 e. The molecule has 0 bridgehead atoms. The lowest BCUT2D eigenvalue weighted by atomic mass is 9.96. The molecule has 1 aromatic heterocycles. The summed E-state index contributed by atoms with van der Waals surface area (Å²) < 4.78 is 5.45. The number of anilines is 1. The summed E-state index contributed by atoms with van der Waals surface area (Å²) in [5.74, 6) is 0.157. The number of aliphatic carboxylic acids is 1. The number of aromatic nitrogens is 2. The normalized spacial score (nSPS) is 17.1. The number of carboxylic acids is 1. The van der Waals surface area contributed by atoms with Gasteiger partial charge < -0.3 is 15.2 Å². The number of fused-ring (bicyclic) bond motifs is 1. The highest BCUT2D eigenvalue weighted by Gasteiger charge is 2.23. The van der Waals surface area contributed by atoms with Crippen molar-refractivity contribution in [3.8, 4) is 0 Å². The summed E-state index contributed by atoms with van der Waals surface area (Å²) in [7, 11) is 0. The zero-order valence-corrected chi connectivity index (χ0v) is 11.9. The van der Waals surface area contributed by atoms with Crippen LogP contribution in [0.2, 0.25) is 0 Å². The van der Waals surface area contributed by atoms with Crippen molar-refractivity contribution in [2.24, 2.45) is 5.92 Å². The Morgan fingerprint density at radius 2 is 2.35 bits per heavy atom. The maximum absolute atomic E-state index is 11.0. The van der Waals surface area contributed by atoms with Gasteiger partial charge in [-0.05, 0) is 5.92 Å². The third-order valence-electron chi connectivity index (χ3n) is 3.81. The Balaban J connectivity index is 2.19. The summed E-state index contributed by atoms with van der Waals surface area (Å²) in [6.45, 7) is 5.26. The first-order valence-corrected chi connectivity index (χ1v) is 7.00. The molecule has 20 heavy (non-hydrogen) atoms. The lowest BCUT2D eigenvalue weighted by Crippen LogP contribution is -2.31. The van der Waals surface area contributed by atoms with Gasteiger partial charge in [0.15, 0.2) is 0 Å². The Kier molecular flexibility index (Phi) is 4.89. The van der Waals surface area contributed by atoms with Gasteiger partial charge in [0, 0.05) is 18.0 Å². The van der Waals surface area contributed by atoms with Crippen LogP contribution >= 0.6 is 0 Å². The van der Waals surface area contributed by atoms with Gasteiger partial charge in [0.1, 0.15) is 12.1 Å². The summed E-state index contributed by atoms with van der Waals surface area (Å²) in [6, 6.07) is -0.140. The molecule has 6 heteroatoms. The van der Waals surface area contributed by atoms with Gasteiger partial charge in [-0.1, -0.05) is 20.3 Å². The van der Waals surface area contributed by atoms with Crippen molar-refractivity contribution >= 4 is 11.8 Å². The number of ether oxygens (including phenoxy) is 1. The number of hydrogen-bond acceptors (Lipinski definition) is 5. The third-order valence-corrected chi connectivity index (χ3v) is 3.81. The molecule has 0 unspecified atom stereocenters. The van der Waals surface area contributed by atoms with E-state index in [-0.39, 0.29) is 18.4 Å². The third kappa shape index (κ3) is 3.45. The highest BCUT2D eigenvalue weighted by atomic mass is 16.5. The van der Waals surface area contributed by atoms with Gasteiger partial charge in [-0.3, -0.25) is 4.79 Å². The number of carboxylic acid groups (broad SMARTS) is 1. The lowest BCUT2D eigenvalue weighted by molar-refractivity contribution is -0.137. The molecule has 0 saturated carbocycles. The quantitative estimate of drug-likeness (QED) is 0.826. The van der Waals surface area contributed by atoms with Crippen LogP contribution in [0.5, 0.6) is 0 Å². The second-order valence-electron chi connectivity index (χ2n) is 5.18. The first-order valence-electron chi connectivity index (χ1n) is 7.00. The van der Waals surface area contributed by atoms with Crippen LogP contribution in [0, 0.1) is 5.92 Å². The Bertz CT molecular complexity index is 479. The van der Waals surface area contributed by atoms with Crippen molar-refractivity contribution in [2.75, 3.05) is 11.9 Å². The molecule has 0 spiro atoms. The first kappa shape index (κ1) is 14.7. The standard InChI is InChI=1S/C14H21N3O3/c1-3-9(2)12(6-13(18)19)17-14-10-7-20-5-4-11(10)15-8-16-14/h8-9,12H,3-7H2,1-2H3,(H,18,19)(H,15,16,17)/t9-,12+/m0/s1. The number of nitrogens with zero attached hydrogens (tertiary/aromatic N) is 2. The van der Waals surface area contributed by atoms with Crippen LogP contribution in [0.3, 0.4) is 0 Å². The van der Waals surface area contributed by atoms with Crippen LogP contribution in [0.4, 0.5) is 5.82 Å². The summed E-state index contributed by atoms with van der Waals surface area (Å²) in [6.07, 6.45) is 3.30. The van der Waals surface area contributed by atoms with Gasteiger partial charge in [-0.2, -0.15) is 0 Å². The molecule has 6 nitrogen and oxygen atoms in total. The average molecular weight is 279 g/mol. The topological polar surface area (TPSA) is 84.3 Å². The lowest BCUT2D eigenvalue weighted by Gasteiger charge is -2.26. The molecule has 1 aromatic rings. The van der Waals surface area contributed by atoms with Crippen molar-refractivity contribution in [3.05, 3.63) is 17.6 Å². The van der Waals surface area contributed by atoms with E-state index in [4.69, 9.17) is 9.84 Å². The van der Waals surface area contributed by atoms with Crippen molar-refractivity contribution in [1.29, 1.82) is 0 Å². The van der Waals surface area contributed by atoms with E-state index in [1.54, 1.807) is 0 Å². The van der Waals surface area contributed by atoms with E-state index >= 15 is 0 Å². The minimum atomic E-state index is -0.804. The molecule has 2 heterocycles. The SMILES string of the molecule is CC[C@H](C)[C@@H](CC(=O)O)Nc1ncnc2c1COCC2. The van der Waals surface area contributed by atoms with E-state index in [9.17, 15) is 4.79 Å². The zero-order chi connectivity index (χ0) is 14.5. The molecule has 0 amide bonds. The number of carbonyl (C=O) groups is 1. The van der Waals surface area contributed by atoms with Crippen molar-refractivity contribution < 1.29 is 14.6 Å². The number of rotatable bonds is 6. The molecule has 2 rings (SSSR count). The Hall–Kier alpha value is -1.69. The van der Waals surface area contributed by atoms with Crippen molar-refractivity contribution in [1.82, 2.24) is 9.97 Å². The van der Waals surface area contributed by atoms with Gasteiger partial charge in [0.05, 0.1) is 25.3 Å². The van der Waals surface area contributed by atoms with E-state index in [2.05, 4.69) is 22.2 Å². The van der Waals surface area contributed by atoms with E-state index in [1.165, 1.54) is 6.33 Å². The summed E-state index contributed by atoms with van der Waals surface area (Å²) in [4.78, 5) is 19.5. The predicted molar refractivity (Wildman–Crippen MR) is 74.5 cm³/mol. The Labute approximate surface area is 118 Å². The van der Waals surface area contributed by atoms with Gasteiger partial charge in [0.2, 0.25) is 0 Å². The molecule has 110 valence electrons. The fourth-order valence-corrected chi connectivity index (χ4v) is 2.33. The summed E-state index contributed by atoms with van der Waals surface area (Å²) in [5.41, 5.74) is 1.95. The highest BCUT2D eigenvalue weighted by Crippen LogP contribution is 2.24. The summed E-state index contributed by atoms with van der Waals surface area (Å²) in [5, 5.41) is 12.3. The molecule has 1 aliphatic heterocycles. The van der Waals surface area contributed by atoms with Crippen LogP contribution in [0.15, 0.2) is 6.33 Å². The van der Waals surface area contributed by atoms with Crippen molar-refractivity contribution in [2.45, 2.75) is 45.8 Å². The molecule has 0 aromatic carbocycles. The highest BCUT2D eigenvalue weighted by molar-refractivity contribution is 5.68. The van der Waals surface area contributed by atoms with E-state index in [0.717, 1.165) is 24.1 Å². The molecule has 2 atom stereocenters. The van der Waals surface area contributed by atoms with Gasteiger partial charge >= 0.3 is 5.97 Å². The van der Waals surface area contributed by atoms with Crippen LogP contribution in [-0.2, 0) is 22.6 Å². The molecular weight excluding hydrogens is 258 g/mol. The zero-order valence-electron chi connectivity index (χ0n) is 11.9. The van der Waals surface area contributed by atoms with Crippen LogP contribution in [0.25, 0.3) is 0 Å². The number of hydrogen-bond donors (Lipinski definition) is 2. The first-order chi connectivity index (χ1) is 9.61. The smallest absolute Gasteiger partial charge is 0.305 e. The molecule has 0 saturated heterocycles. The molecule has 0 aliphatic carbocycles. The molecule has 2 N–H and O–H groups in total. The molecular formula is C14H21N3O3. The van der Waals surface area contributed by atoms with E-state index in [0.29, 0.717) is 19.0 Å². The van der Waals surface area contributed by atoms with E-state index in [1.807, 2.05) is 6.92 Å². The second kappa shape index (κ2) is 6.65. The Morgan fingerprint density at radius 3 is 3.05 bits per heavy atom. The fourth-order valence-electron chi connectivity index (χ4n) is 2.33.